The van der Waals surface area contributed by atoms with Gasteiger partial charge < -0.3 is 37.2 Å². The first-order valence-electron chi connectivity index (χ1n) is 2.11. The summed E-state index contributed by atoms with van der Waals surface area (Å²) in [4.78, 5) is 0. The van der Waals surface area contributed by atoms with Crippen LogP contribution in [0, 0.1) is 0 Å². The fraction of sp³-hybridized carbons (Fsp3) is 1.00. The molecule has 0 aromatic heterocycles. The van der Waals surface area contributed by atoms with Crippen LogP contribution in [-0.2, 0) is 24.7 Å². The van der Waals surface area contributed by atoms with E-state index in [4.69, 9.17) is 0 Å². The Labute approximate surface area is 84.3 Å². The zero-order valence-electron chi connectivity index (χ0n) is 4.33. The average Bonchev–Trinajstić information content (AvgIpc) is 1.30. The van der Waals surface area contributed by atoms with Gasteiger partial charge in [-0.1, -0.05) is 0 Å². The zero-order valence-corrected chi connectivity index (χ0v) is 9.06. The maximum atomic E-state index is 1.76. The van der Waals surface area contributed by atoms with Gasteiger partial charge in [-0.15, -0.1) is 0 Å². The van der Waals surface area contributed by atoms with Gasteiger partial charge in [-0.3, -0.25) is 0 Å². The first-order valence-corrected chi connectivity index (χ1v) is 3.52. The van der Waals surface area contributed by atoms with Crippen LogP contribution in [0.3, 0.4) is 0 Å². The van der Waals surface area contributed by atoms with Crippen molar-refractivity contribution in [2.75, 3.05) is 0 Å². The molecule has 0 bridgehead atoms. The Morgan fingerprint density at radius 2 is 1.25 bits per heavy atom. The standard InChI is InChI=1S/C4H7.3ClH.Zr/c1-2-4-3-1;;;;/h1H,2-4H2;3*1H;/q;;;;+3/p-3. The number of hydrogen-bond acceptors (Lipinski definition) is 0. The summed E-state index contributed by atoms with van der Waals surface area (Å²) in [7, 11) is 0. The van der Waals surface area contributed by atoms with Crippen molar-refractivity contribution >= 4 is 0 Å². The van der Waals surface area contributed by atoms with E-state index in [0.717, 1.165) is 3.63 Å². The molecule has 1 aliphatic carbocycles. The number of rotatable bonds is 0. The van der Waals surface area contributed by atoms with E-state index in [1.54, 1.807) is 24.7 Å². The van der Waals surface area contributed by atoms with Crippen LogP contribution in [0.1, 0.15) is 19.3 Å². The maximum absolute atomic E-state index is 1.76. The van der Waals surface area contributed by atoms with Gasteiger partial charge in [-0.05, 0) is 0 Å². The van der Waals surface area contributed by atoms with Crippen molar-refractivity contribution < 1.29 is 61.9 Å². The molecule has 0 atom stereocenters. The van der Waals surface area contributed by atoms with Crippen molar-refractivity contribution in [3.05, 3.63) is 0 Å². The summed E-state index contributed by atoms with van der Waals surface area (Å²) in [5.74, 6) is 0. The van der Waals surface area contributed by atoms with Gasteiger partial charge in [0, 0.05) is 0 Å². The summed E-state index contributed by atoms with van der Waals surface area (Å²) in [6.07, 6.45) is 4.56. The summed E-state index contributed by atoms with van der Waals surface area (Å²) < 4.78 is 1.15. The Balaban J connectivity index is -0.0000000833. The molecule has 0 spiro atoms. The molecular weight excluding hydrogens is 246 g/mol. The van der Waals surface area contributed by atoms with Gasteiger partial charge in [0.1, 0.15) is 0 Å². The van der Waals surface area contributed by atoms with Crippen LogP contribution < -0.4 is 37.2 Å². The molecule has 0 aromatic rings. The van der Waals surface area contributed by atoms with E-state index >= 15 is 0 Å². The molecule has 0 amide bonds. The second kappa shape index (κ2) is 8.75. The van der Waals surface area contributed by atoms with Crippen molar-refractivity contribution in [3.8, 4) is 0 Å². The minimum atomic E-state index is 0. The summed E-state index contributed by atoms with van der Waals surface area (Å²) >= 11 is 1.76. The third-order valence-electron chi connectivity index (χ3n) is 1.11. The molecule has 48 valence electrons. The molecule has 0 nitrogen and oxygen atoms in total. The quantitative estimate of drug-likeness (QED) is 0.402. The fourth-order valence-corrected chi connectivity index (χ4v) is 1.41. The molecule has 1 aliphatic rings. The molecule has 0 unspecified atom stereocenters. The Hall–Kier alpha value is 1.75. The van der Waals surface area contributed by atoms with Crippen LogP contribution >= 0.6 is 0 Å². The molecule has 1 fully saturated rings. The first-order chi connectivity index (χ1) is 2.39. The minimum absolute atomic E-state index is 0. The summed E-state index contributed by atoms with van der Waals surface area (Å²) in [5, 5.41) is 0. The Kier molecular flexibility index (Phi) is 17.9. The Morgan fingerprint density at radius 3 is 1.25 bits per heavy atom. The van der Waals surface area contributed by atoms with E-state index in [0.29, 0.717) is 0 Å². The monoisotopic (exact) mass is 250 g/mol. The van der Waals surface area contributed by atoms with Gasteiger partial charge in [0.25, 0.3) is 0 Å². The summed E-state index contributed by atoms with van der Waals surface area (Å²) in [5.41, 5.74) is 0. The van der Waals surface area contributed by atoms with Gasteiger partial charge in [-0.2, -0.15) is 0 Å². The SMILES string of the molecule is [Cl-].[Cl-].[Cl-].[Zr+3][CH]1CCC1. The second-order valence-electron chi connectivity index (χ2n) is 1.63. The van der Waals surface area contributed by atoms with Gasteiger partial charge in [0.05, 0.1) is 0 Å². The molecule has 0 aromatic carbocycles. The van der Waals surface area contributed by atoms with Gasteiger partial charge in [0.2, 0.25) is 0 Å². The van der Waals surface area contributed by atoms with E-state index in [1.165, 1.54) is 19.3 Å². The van der Waals surface area contributed by atoms with Gasteiger partial charge >= 0.3 is 47.6 Å². The summed E-state index contributed by atoms with van der Waals surface area (Å²) in [6.45, 7) is 0. The predicted octanol–water partition coefficient (Wildman–Crippen LogP) is -7.48. The molecule has 0 heterocycles. The van der Waals surface area contributed by atoms with Crippen molar-refractivity contribution in [2.45, 2.75) is 22.9 Å². The van der Waals surface area contributed by atoms with Crippen LogP contribution in [0.15, 0.2) is 0 Å². The molecular formula is C4H7Cl3Zr. The van der Waals surface area contributed by atoms with Crippen LogP contribution in [0.25, 0.3) is 0 Å². The molecule has 0 radical (unpaired) electrons. The molecule has 4 heteroatoms. The van der Waals surface area contributed by atoms with Gasteiger partial charge in [-0.25, -0.2) is 0 Å². The molecule has 0 saturated heterocycles. The zero-order chi connectivity index (χ0) is 3.70. The fourth-order valence-electron chi connectivity index (χ4n) is 0.408. The topological polar surface area (TPSA) is 0 Å². The third kappa shape index (κ3) is 5.88. The van der Waals surface area contributed by atoms with Crippen LogP contribution in [0.2, 0.25) is 3.63 Å². The third-order valence-corrected chi connectivity index (χ3v) is 2.52. The second-order valence-corrected chi connectivity index (χ2v) is 3.63. The molecule has 8 heavy (non-hydrogen) atoms. The number of halogens is 3. The van der Waals surface area contributed by atoms with Crippen LogP contribution in [-0.4, -0.2) is 0 Å². The van der Waals surface area contributed by atoms with Gasteiger partial charge in [0.15, 0.2) is 0 Å². The molecule has 1 saturated carbocycles. The van der Waals surface area contributed by atoms with E-state index in [9.17, 15) is 0 Å². The normalized spacial score (nSPS) is 16.2. The van der Waals surface area contributed by atoms with Crippen molar-refractivity contribution in [1.29, 1.82) is 0 Å². The first kappa shape index (κ1) is 16.4. The molecule has 0 N–H and O–H groups in total. The van der Waals surface area contributed by atoms with Crippen molar-refractivity contribution in [2.24, 2.45) is 0 Å². The summed E-state index contributed by atoms with van der Waals surface area (Å²) in [6, 6.07) is 0. The Bertz CT molecular complexity index is 38.3. The van der Waals surface area contributed by atoms with Crippen molar-refractivity contribution in [3.63, 3.8) is 0 Å². The average molecular weight is 253 g/mol. The van der Waals surface area contributed by atoms with E-state index < -0.39 is 0 Å². The van der Waals surface area contributed by atoms with Crippen LogP contribution in [0.5, 0.6) is 0 Å². The molecule has 1 rings (SSSR count). The van der Waals surface area contributed by atoms with Crippen molar-refractivity contribution in [1.82, 2.24) is 0 Å². The van der Waals surface area contributed by atoms with Crippen LogP contribution in [0.4, 0.5) is 0 Å². The predicted molar refractivity (Wildman–Crippen MR) is 17.6 cm³/mol. The Morgan fingerprint density at radius 1 is 1.00 bits per heavy atom. The van der Waals surface area contributed by atoms with E-state index in [-0.39, 0.29) is 37.2 Å². The van der Waals surface area contributed by atoms with E-state index in [2.05, 4.69) is 0 Å². The number of hydrogen-bond donors (Lipinski definition) is 0. The molecule has 0 aliphatic heterocycles. The van der Waals surface area contributed by atoms with E-state index in [1.807, 2.05) is 0 Å².